The van der Waals surface area contributed by atoms with Crippen LogP contribution in [-0.2, 0) is 9.59 Å². The van der Waals surface area contributed by atoms with Crippen LogP contribution < -0.4 is 10.6 Å². The highest BCUT2D eigenvalue weighted by Crippen LogP contribution is 2.05. The van der Waals surface area contributed by atoms with Gasteiger partial charge in [0, 0.05) is 26.1 Å². The van der Waals surface area contributed by atoms with Gasteiger partial charge in [0.1, 0.15) is 6.04 Å². The zero-order valence-electron chi connectivity index (χ0n) is 11.9. The van der Waals surface area contributed by atoms with Crippen molar-refractivity contribution in [1.82, 2.24) is 15.5 Å². The number of hydrogen-bond donors (Lipinski definition) is 3. The quantitative estimate of drug-likeness (QED) is 0.595. The number of carbonyl (C=O) groups is 3. The number of aliphatic carboxylic acids is 1. The predicted molar refractivity (Wildman–Crippen MR) is 73.3 cm³/mol. The standard InChI is InChI=1S/C13H23N3O4/c1-10-12(19)14-8-9-16(10)13(20)15-7-5-3-2-4-6-11(17)18/h10H,2-9H2,1H3,(H,14,19)(H,15,20)(H,17,18). The fourth-order valence-electron chi connectivity index (χ4n) is 2.11. The van der Waals surface area contributed by atoms with Gasteiger partial charge in [-0.1, -0.05) is 12.8 Å². The molecule has 0 aromatic rings. The Bertz CT molecular complexity index is 360. The molecule has 1 heterocycles. The second kappa shape index (κ2) is 8.39. The minimum atomic E-state index is -0.768. The minimum Gasteiger partial charge on any atom is -0.481 e. The van der Waals surface area contributed by atoms with E-state index in [0.717, 1.165) is 19.3 Å². The summed E-state index contributed by atoms with van der Waals surface area (Å²) in [7, 11) is 0. The Kier molecular flexibility index (Phi) is 6.83. The van der Waals surface area contributed by atoms with E-state index >= 15 is 0 Å². The molecule has 1 rings (SSSR count). The van der Waals surface area contributed by atoms with Crippen LogP contribution in [0.15, 0.2) is 0 Å². The van der Waals surface area contributed by atoms with Gasteiger partial charge >= 0.3 is 12.0 Å². The van der Waals surface area contributed by atoms with E-state index in [0.29, 0.717) is 26.1 Å². The first-order chi connectivity index (χ1) is 9.52. The van der Waals surface area contributed by atoms with Gasteiger partial charge in [-0.25, -0.2) is 4.79 Å². The van der Waals surface area contributed by atoms with E-state index in [-0.39, 0.29) is 18.4 Å². The van der Waals surface area contributed by atoms with Crippen molar-refractivity contribution in [3.8, 4) is 0 Å². The molecule has 0 aliphatic carbocycles. The van der Waals surface area contributed by atoms with E-state index in [1.165, 1.54) is 4.90 Å². The molecule has 0 aromatic carbocycles. The first kappa shape index (κ1) is 16.3. The van der Waals surface area contributed by atoms with Crippen molar-refractivity contribution in [2.45, 2.75) is 45.1 Å². The van der Waals surface area contributed by atoms with E-state index in [4.69, 9.17) is 5.11 Å². The molecule has 114 valence electrons. The summed E-state index contributed by atoms with van der Waals surface area (Å²) in [5, 5.41) is 14.0. The molecule has 0 saturated carbocycles. The Hall–Kier alpha value is -1.79. The summed E-state index contributed by atoms with van der Waals surface area (Å²) in [6, 6.07) is -0.641. The van der Waals surface area contributed by atoms with Crippen molar-refractivity contribution in [3.05, 3.63) is 0 Å². The van der Waals surface area contributed by atoms with Crippen molar-refractivity contribution >= 4 is 17.9 Å². The van der Waals surface area contributed by atoms with Gasteiger partial charge in [-0.2, -0.15) is 0 Å². The number of rotatable bonds is 7. The Labute approximate surface area is 118 Å². The highest BCUT2D eigenvalue weighted by molar-refractivity contribution is 5.87. The highest BCUT2D eigenvalue weighted by atomic mass is 16.4. The predicted octanol–water partition coefficient (Wildman–Crippen LogP) is 0.551. The fraction of sp³-hybridized carbons (Fsp3) is 0.769. The SMILES string of the molecule is CC1C(=O)NCCN1C(=O)NCCCCCCC(=O)O. The normalized spacial score (nSPS) is 18.6. The number of unbranched alkanes of at least 4 members (excludes halogenated alkanes) is 3. The lowest BCUT2D eigenvalue weighted by Gasteiger charge is -2.32. The molecule has 0 bridgehead atoms. The van der Waals surface area contributed by atoms with Crippen LogP contribution in [0.1, 0.15) is 39.0 Å². The molecule has 20 heavy (non-hydrogen) atoms. The molecule has 1 atom stereocenters. The third-order valence-electron chi connectivity index (χ3n) is 3.35. The van der Waals surface area contributed by atoms with E-state index in [9.17, 15) is 14.4 Å². The Morgan fingerprint density at radius 2 is 2.05 bits per heavy atom. The summed E-state index contributed by atoms with van der Waals surface area (Å²) in [4.78, 5) is 35.2. The number of urea groups is 1. The summed E-state index contributed by atoms with van der Waals surface area (Å²) in [5.41, 5.74) is 0. The van der Waals surface area contributed by atoms with Gasteiger partial charge < -0.3 is 20.6 Å². The Morgan fingerprint density at radius 3 is 2.75 bits per heavy atom. The molecule has 1 saturated heterocycles. The molecule has 3 amide bonds. The molecule has 0 aromatic heterocycles. The summed E-state index contributed by atoms with van der Waals surface area (Å²) in [6.07, 6.45) is 3.44. The number of carboxylic acid groups (broad SMARTS) is 1. The minimum absolute atomic E-state index is 0.125. The molecule has 7 heteroatoms. The average Bonchev–Trinajstić information content (AvgIpc) is 2.40. The molecule has 1 fully saturated rings. The van der Waals surface area contributed by atoms with Crippen LogP contribution in [0.4, 0.5) is 4.79 Å². The fourth-order valence-corrected chi connectivity index (χ4v) is 2.11. The van der Waals surface area contributed by atoms with Crippen LogP contribution >= 0.6 is 0 Å². The third kappa shape index (κ3) is 5.46. The first-order valence-electron chi connectivity index (χ1n) is 7.06. The molecule has 0 radical (unpaired) electrons. The molecule has 7 nitrogen and oxygen atoms in total. The van der Waals surface area contributed by atoms with Gasteiger partial charge in [0.15, 0.2) is 0 Å². The van der Waals surface area contributed by atoms with Crippen molar-refractivity contribution in [3.63, 3.8) is 0 Å². The maximum Gasteiger partial charge on any atom is 0.318 e. The van der Waals surface area contributed by atoms with E-state index < -0.39 is 12.0 Å². The summed E-state index contributed by atoms with van der Waals surface area (Å²) < 4.78 is 0. The first-order valence-corrected chi connectivity index (χ1v) is 7.06. The molecule has 1 unspecified atom stereocenters. The number of nitrogens with one attached hydrogen (secondary N) is 2. The van der Waals surface area contributed by atoms with Crippen LogP contribution in [0.25, 0.3) is 0 Å². The number of carbonyl (C=O) groups excluding carboxylic acids is 2. The third-order valence-corrected chi connectivity index (χ3v) is 3.35. The number of nitrogens with zero attached hydrogens (tertiary/aromatic N) is 1. The smallest absolute Gasteiger partial charge is 0.318 e. The highest BCUT2D eigenvalue weighted by Gasteiger charge is 2.28. The lowest BCUT2D eigenvalue weighted by Crippen LogP contribution is -2.58. The van der Waals surface area contributed by atoms with Crippen molar-refractivity contribution < 1.29 is 19.5 Å². The zero-order valence-corrected chi connectivity index (χ0v) is 11.9. The van der Waals surface area contributed by atoms with Crippen LogP contribution in [0.3, 0.4) is 0 Å². The maximum absolute atomic E-state index is 11.9. The van der Waals surface area contributed by atoms with Gasteiger partial charge in [0.05, 0.1) is 0 Å². The lowest BCUT2D eigenvalue weighted by atomic mass is 10.1. The maximum atomic E-state index is 11.9. The van der Waals surface area contributed by atoms with E-state index in [1.807, 2.05) is 0 Å². The molecule has 1 aliphatic rings. The molecular formula is C13H23N3O4. The Morgan fingerprint density at radius 1 is 1.35 bits per heavy atom. The second-order valence-corrected chi connectivity index (χ2v) is 4.95. The molecule has 3 N–H and O–H groups in total. The number of hydrogen-bond acceptors (Lipinski definition) is 3. The van der Waals surface area contributed by atoms with E-state index in [2.05, 4.69) is 10.6 Å². The second-order valence-electron chi connectivity index (χ2n) is 4.95. The van der Waals surface area contributed by atoms with Gasteiger partial charge in [-0.3, -0.25) is 9.59 Å². The zero-order chi connectivity index (χ0) is 15.0. The van der Waals surface area contributed by atoms with Crippen LogP contribution in [0, 0.1) is 0 Å². The Balaban J connectivity index is 2.11. The summed E-state index contributed by atoms with van der Waals surface area (Å²) in [6.45, 7) is 3.28. The molecule has 1 aliphatic heterocycles. The van der Waals surface area contributed by atoms with Crippen molar-refractivity contribution in [1.29, 1.82) is 0 Å². The molecule has 0 spiro atoms. The van der Waals surface area contributed by atoms with Crippen LogP contribution in [0.2, 0.25) is 0 Å². The number of amides is 3. The largest absolute Gasteiger partial charge is 0.481 e. The van der Waals surface area contributed by atoms with Crippen LogP contribution in [0.5, 0.6) is 0 Å². The number of carboxylic acids is 1. The van der Waals surface area contributed by atoms with Crippen molar-refractivity contribution in [2.24, 2.45) is 0 Å². The monoisotopic (exact) mass is 285 g/mol. The topological polar surface area (TPSA) is 98.7 Å². The van der Waals surface area contributed by atoms with Crippen LogP contribution in [-0.4, -0.2) is 53.6 Å². The van der Waals surface area contributed by atoms with Gasteiger partial charge in [0.25, 0.3) is 0 Å². The van der Waals surface area contributed by atoms with Gasteiger partial charge in [0.2, 0.25) is 5.91 Å². The lowest BCUT2D eigenvalue weighted by molar-refractivity contribution is -0.137. The summed E-state index contributed by atoms with van der Waals surface area (Å²) in [5.74, 6) is -0.893. The van der Waals surface area contributed by atoms with Crippen molar-refractivity contribution in [2.75, 3.05) is 19.6 Å². The van der Waals surface area contributed by atoms with Gasteiger partial charge in [-0.15, -0.1) is 0 Å². The summed E-state index contributed by atoms with van der Waals surface area (Å²) >= 11 is 0. The number of piperazine rings is 1. The van der Waals surface area contributed by atoms with E-state index in [1.54, 1.807) is 6.92 Å². The average molecular weight is 285 g/mol. The molecular weight excluding hydrogens is 262 g/mol. The van der Waals surface area contributed by atoms with Gasteiger partial charge in [-0.05, 0) is 19.8 Å².